The molecule has 1 N–H and O–H groups in total. The second-order valence-electron chi connectivity index (χ2n) is 4.56. The van der Waals surface area contributed by atoms with Crippen LogP contribution in [0.5, 0.6) is 5.75 Å². The minimum Gasteiger partial charge on any atom is -0.492 e. The molecule has 0 aliphatic heterocycles. The van der Waals surface area contributed by atoms with E-state index in [9.17, 15) is 0 Å². The van der Waals surface area contributed by atoms with Gasteiger partial charge in [-0.2, -0.15) is 0 Å². The van der Waals surface area contributed by atoms with Crippen molar-refractivity contribution in [2.24, 2.45) is 0 Å². The Morgan fingerprint density at radius 2 is 1.95 bits per heavy atom. The fourth-order valence-electron chi connectivity index (χ4n) is 1.84. The lowest BCUT2D eigenvalue weighted by atomic mass is 10.2. The van der Waals surface area contributed by atoms with Crippen LogP contribution in [0.4, 0.5) is 0 Å². The van der Waals surface area contributed by atoms with E-state index in [2.05, 4.69) is 37.5 Å². The molecule has 1 aromatic rings. The Morgan fingerprint density at radius 3 is 2.47 bits per heavy atom. The van der Waals surface area contributed by atoms with E-state index in [0.717, 1.165) is 24.4 Å². The Hall–Kier alpha value is -1.50. The summed E-state index contributed by atoms with van der Waals surface area (Å²) in [7, 11) is 0. The molecule has 3 heteroatoms. The zero-order valence-corrected chi connectivity index (χ0v) is 12.0. The molecule has 1 rings (SSSR count). The first-order chi connectivity index (χ1) is 9.17. The number of aliphatic hydroxyl groups excluding tert-OH is 1. The molecule has 19 heavy (non-hydrogen) atoms. The van der Waals surface area contributed by atoms with Gasteiger partial charge < -0.3 is 9.84 Å². The summed E-state index contributed by atoms with van der Waals surface area (Å²) < 4.78 is 5.71. The molecule has 0 spiro atoms. The summed E-state index contributed by atoms with van der Waals surface area (Å²) in [4.78, 5) is 2.36. The van der Waals surface area contributed by atoms with E-state index in [1.165, 1.54) is 0 Å². The van der Waals surface area contributed by atoms with E-state index >= 15 is 0 Å². The lowest BCUT2D eigenvalue weighted by Gasteiger charge is -2.24. The highest BCUT2D eigenvalue weighted by atomic mass is 16.5. The van der Waals surface area contributed by atoms with Gasteiger partial charge in [0.05, 0.1) is 0 Å². The summed E-state index contributed by atoms with van der Waals surface area (Å²) in [5.74, 6) is 6.33. The summed E-state index contributed by atoms with van der Waals surface area (Å²) in [6.07, 6.45) is 0. The zero-order chi connectivity index (χ0) is 14.1. The second kappa shape index (κ2) is 8.58. The Balaban J connectivity index is 2.41. The van der Waals surface area contributed by atoms with Crippen LogP contribution >= 0.6 is 0 Å². The minimum absolute atomic E-state index is 0.111. The molecule has 3 nitrogen and oxygen atoms in total. The van der Waals surface area contributed by atoms with E-state index in [-0.39, 0.29) is 6.61 Å². The maximum absolute atomic E-state index is 8.62. The van der Waals surface area contributed by atoms with Gasteiger partial charge in [-0.3, -0.25) is 4.90 Å². The molecule has 0 aromatic heterocycles. The van der Waals surface area contributed by atoms with Gasteiger partial charge in [0.1, 0.15) is 19.0 Å². The highest BCUT2D eigenvalue weighted by Crippen LogP contribution is 2.11. The van der Waals surface area contributed by atoms with Crippen molar-refractivity contribution < 1.29 is 9.84 Å². The van der Waals surface area contributed by atoms with E-state index in [1.54, 1.807) is 0 Å². The predicted octanol–water partition coefficient (Wildman–Crippen LogP) is 2.14. The summed E-state index contributed by atoms with van der Waals surface area (Å²) in [6.45, 7) is 9.09. The van der Waals surface area contributed by atoms with Crippen molar-refractivity contribution in [2.75, 3.05) is 26.3 Å². The van der Waals surface area contributed by atoms with Crippen LogP contribution in [-0.2, 0) is 0 Å². The number of rotatable bonds is 6. The fourth-order valence-corrected chi connectivity index (χ4v) is 1.84. The van der Waals surface area contributed by atoms with Crippen molar-refractivity contribution in [1.82, 2.24) is 4.90 Å². The number of nitrogens with zero attached hydrogens (tertiary/aromatic N) is 1. The third-order valence-corrected chi connectivity index (χ3v) is 2.95. The van der Waals surface area contributed by atoms with Crippen LogP contribution in [0.1, 0.15) is 26.3 Å². The molecule has 0 aliphatic rings. The van der Waals surface area contributed by atoms with Crippen molar-refractivity contribution in [3.05, 3.63) is 29.8 Å². The van der Waals surface area contributed by atoms with Crippen LogP contribution in [0.3, 0.4) is 0 Å². The summed E-state index contributed by atoms with van der Waals surface area (Å²) in [5, 5.41) is 8.62. The van der Waals surface area contributed by atoms with Crippen molar-refractivity contribution in [3.8, 4) is 17.6 Å². The predicted molar refractivity (Wildman–Crippen MR) is 78.3 cm³/mol. The molecule has 0 radical (unpaired) electrons. The molecule has 0 atom stereocenters. The zero-order valence-electron chi connectivity index (χ0n) is 12.0. The molecule has 0 heterocycles. The Bertz CT molecular complexity index is 415. The Morgan fingerprint density at radius 1 is 1.26 bits per heavy atom. The third-order valence-electron chi connectivity index (χ3n) is 2.95. The van der Waals surface area contributed by atoms with Crippen LogP contribution in [0, 0.1) is 11.8 Å². The number of hydrogen-bond donors (Lipinski definition) is 1. The largest absolute Gasteiger partial charge is 0.492 e. The lowest BCUT2D eigenvalue weighted by molar-refractivity contribution is 0.183. The molecule has 104 valence electrons. The third kappa shape index (κ3) is 5.78. The highest BCUT2D eigenvalue weighted by molar-refractivity contribution is 5.38. The smallest absolute Gasteiger partial charge is 0.119 e. The van der Waals surface area contributed by atoms with E-state index in [4.69, 9.17) is 9.84 Å². The molecule has 0 amide bonds. The number of ether oxygens (including phenoxy) is 1. The molecular weight excluding hydrogens is 238 g/mol. The number of aliphatic hydroxyl groups is 1. The molecule has 0 saturated heterocycles. The van der Waals surface area contributed by atoms with Crippen LogP contribution in [0.2, 0.25) is 0 Å². The maximum Gasteiger partial charge on any atom is 0.119 e. The van der Waals surface area contributed by atoms with Gasteiger partial charge in [0.25, 0.3) is 0 Å². The first kappa shape index (κ1) is 15.6. The molecule has 0 unspecified atom stereocenters. The average molecular weight is 261 g/mol. The molecule has 0 fully saturated rings. The van der Waals surface area contributed by atoms with Crippen LogP contribution in [-0.4, -0.2) is 42.4 Å². The van der Waals surface area contributed by atoms with Crippen molar-refractivity contribution >= 4 is 0 Å². The van der Waals surface area contributed by atoms with Gasteiger partial charge in [-0.15, -0.1) is 0 Å². The molecular formula is C16H23NO2. The number of benzene rings is 1. The van der Waals surface area contributed by atoms with Crippen LogP contribution < -0.4 is 4.74 Å². The standard InChI is InChI=1S/C16H23NO2/c1-4-17(14(2)3)11-13-19-16-9-7-15(8-10-16)6-5-12-18/h7-10,14,18H,4,11-13H2,1-3H3. The van der Waals surface area contributed by atoms with E-state index in [1.807, 2.05) is 24.3 Å². The first-order valence-corrected chi connectivity index (χ1v) is 6.74. The quantitative estimate of drug-likeness (QED) is 0.796. The number of hydrogen-bond acceptors (Lipinski definition) is 3. The Labute approximate surface area is 116 Å². The van der Waals surface area contributed by atoms with Crippen molar-refractivity contribution in [3.63, 3.8) is 0 Å². The van der Waals surface area contributed by atoms with Gasteiger partial charge in [-0.05, 0) is 44.7 Å². The Kier molecular flexibility index (Phi) is 7.02. The van der Waals surface area contributed by atoms with Gasteiger partial charge in [0.15, 0.2) is 0 Å². The number of likely N-dealkylation sites (N-methyl/N-ethyl adjacent to an activating group) is 1. The average Bonchev–Trinajstić information content (AvgIpc) is 2.42. The van der Waals surface area contributed by atoms with Crippen LogP contribution in [0.15, 0.2) is 24.3 Å². The van der Waals surface area contributed by atoms with Crippen LogP contribution in [0.25, 0.3) is 0 Å². The maximum atomic E-state index is 8.62. The SMILES string of the molecule is CCN(CCOc1ccc(C#CCO)cc1)C(C)C. The first-order valence-electron chi connectivity index (χ1n) is 6.74. The lowest BCUT2D eigenvalue weighted by Crippen LogP contribution is -2.34. The van der Waals surface area contributed by atoms with E-state index < -0.39 is 0 Å². The fraction of sp³-hybridized carbons (Fsp3) is 0.500. The van der Waals surface area contributed by atoms with Gasteiger partial charge >= 0.3 is 0 Å². The normalized spacial score (nSPS) is 10.4. The van der Waals surface area contributed by atoms with Gasteiger partial charge in [-0.25, -0.2) is 0 Å². The molecule has 0 bridgehead atoms. The second-order valence-corrected chi connectivity index (χ2v) is 4.56. The summed E-state index contributed by atoms with van der Waals surface area (Å²) in [6, 6.07) is 8.17. The summed E-state index contributed by atoms with van der Waals surface area (Å²) >= 11 is 0. The molecule has 0 aliphatic carbocycles. The topological polar surface area (TPSA) is 32.7 Å². The van der Waals surface area contributed by atoms with Crippen molar-refractivity contribution in [1.29, 1.82) is 0 Å². The van der Waals surface area contributed by atoms with Crippen molar-refractivity contribution in [2.45, 2.75) is 26.8 Å². The van der Waals surface area contributed by atoms with E-state index in [0.29, 0.717) is 12.6 Å². The monoisotopic (exact) mass is 261 g/mol. The van der Waals surface area contributed by atoms with Gasteiger partial charge in [0, 0.05) is 18.2 Å². The minimum atomic E-state index is -0.111. The molecule has 0 saturated carbocycles. The summed E-state index contributed by atoms with van der Waals surface area (Å²) in [5.41, 5.74) is 0.888. The van der Waals surface area contributed by atoms with Gasteiger partial charge in [-0.1, -0.05) is 18.8 Å². The molecule has 1 aromatic carbocycles. The highest BCUT2D eigenvalue weighted by Gasteiger charge is 2.06. The van der Waals surface area contributed by atoms with Gasteiger partial charge in [0.2, 0.25) is 0 Å².